The molecule has 69 valence electrons. The molecule has 1 radical (unpaired) electrons. The first kappa shape index (κ1) is 8.97. The average molecular weight is 182 g/mol. The van der Waals surface area contributed by atoms with E-state index in [1.54, 1.807) is 0 Å². The number of rotatable bonds is 2. The maximum absolute atomic E-state index is 7.43. The summed E-state index contributed by atoms with van der Waals surface area (Å²) in [4.78, 5) is 0. The number of hydrogen-bond donors (Lipinski definition) is 0. The van der Waals surface area contributed by atoms with Crippen LogP contribution < -0.4 is 5.73 Å². The van der Waals surface area contributed by atoms with Gasteiger partial charge in [-0.25, -0.2) is 0 Å². The second kappa shape index (κ2) is 4.07. The molecule has 0 atom stereocenters. The quantitative estimate of drug-likeness (QED) is 0.681. The van der Waals surface area contributed by atoms with Crippen LogP contribution in [0.15, 0.2) is 54.6 Å². The Hall–Kier alpha value is -1.60. The highest BCUT2D eigenvalue weighted by Crippen LogP contribution is 2.22. The Balaban J connectivity index is 2.51. The normalized spacial score (nSPS) is 10.1. The molecule has 1 N–H and O–H groups in total. The lowest BCUT2D eigenvalue weighted by Crippen LogP contribution is -1.89. The molecule has 0 aromatic heterocycles. The summed E-state index contributed by atoms with van der Waals surface area (Å²) in [5.74, 6) is 0. The van der Waals surface area contributed by atoms with E-state index in [0.717, 1.165) is 5.56 Å². The lowest BCUT2D eigenvalue weighted by molar-refractivity contribution is 1.03. The molecule has 2 aromatic carbocycles. The van der Waals surface area contributed by atoms with E-state index in [2.05, 4.69) is 18.2 Å². The van der Waals surface area contributed by atoms with Gasteiger partial charge in [-0.05, 0) is 16.7 Å². The number of hydrogen-bond acceptors (Lipinski definition) is 0. The Morgan fingerprint density at radius 2 is 1.43 bits per heavy atom. The minimum Gasteiger partial charge on any atom is -0.253 e. The second-order valence-corrected chi connectivity index (χ2v) is 3.20. The standard InChI is InChI=1S/C13H12N/c14-10-12-8-4-5-9-13(12)11-6-2-1-3-7-11/h1-9,14H,10H2. The van der Waals surface area contributed by atoms with Crippen molar-refractivity contribution in [3.8, 4) is 11.1 Å². The predicted molar refractivity (Wildman–Crippen MR) is 58.7 cm³/mol. The largest absolute Gasteiger partial charge is 0.253 e. The number of benzene rings is 2. The SMILES string of the molecule is [NH]Cc1ccccc1-c1ccccc1. The molecule has 0 saturated heterocycles. The van der Waals surface area contributed by atoms with Gasteiger partial charge in [0.2, 0.25) is 0 Å². The third-order valence-electron chi connectivity index (χ3n) is 2.29. The van der Waals surface area contributed by atoms with Gasteiger partial charge in [-0.15, -0.1) is 0 Å². The maximum atomic E-state index is 7.43. The summed E-state index contributed by atoms with van der Waals surface area (Å²) in [5, 5.41) is 0. The van der Waals surface area contributed by atoms with Crippen LogP contribution in [0.3, 0.4) is 0 Å². The summed E-state index contributed by atoms with van der Waals surface area (Å²) in [6.07, 6.45) is 0. The van der Waals surface area contributed by atoms with E-state index >= 15 is 0 Å². The molecule has 2 aromatic rings. The van der Waals surface area contributed by atoms with Gasteiger partial charge in [0.25, 0.3) is 0 Å². The van der Waals surface area contributed by atoms with E-state index in [4.69, 9.17) is 5.73 Å². The van der Waals surface area contributed by atoms with Gasteiger partial charge in [-0.1, -0.05) is 54.6 Å². The van der Waals surface area contributed by atoms with E-state index in [1.807, 2.05) is 36.4 Å². The summed E-state index contributed by atoms with van der Waals surface area (Å²) in [6.45, 7) is 0.338. The predicted octanol–water partition coefficient (Wildman–Crippen LogP) is 3.14. The molecule has 14 heavy (non-hydrogen) atoms. The molecule has 0 fully saturated rings. The lowest BCUT2D eigenvalue weighted by Gasteiger charge is -2.06. The van der Waals surface area contributed by atoms with Gasteiger partial charge in [0, 0.05) is 6.54 Å². The summed E-state index contributed by atoms with van der Waals surface area (Å²) in [6, 6.07) is 18.3. The Morgan fingerprint density at radius 3 is 2.14 bits per heavy atom. The van der Waals surface area contributed by atoms with Crippen LogP contribution in [0.2, 0.25) is 0 Å². The van der Waals surface area contributed by atoms with Crippen LogP contribution in [-0.2, 0) is 6.54 Å². The van der Waals surface area contributed by atoms with Crippen molar-refractivity contribution >= 4 is 0 Å². The molecular weight excluding hydrogens is 170 g/mol. The monoisotopic (exact) mass is 182 g/mol. The molecule has 0 aliphatic rings. The first-order valence-corrected chi connectivity index (χ1v) is 4.70. The average Bonchev–Trinajstić information content (AvgIpc) is 2.30. The number of nitrogens with one attached hydrogen (secondary N) is 1. The van der Waals surface area contributed by atoms with Crippen LogP contribution in [0.5, 0.6) is 0 Å². The van der Waals surface area contributed by atoms with Crippen molar-refractivity contribution in [2.75, 3.05) is 0 Å². The van der Waals surface area contributed by atoms with Crippen molar-refractivity contribution in [3.05, 3.63) is 60.2 Å². The Labute approximate surface area is 84.2 Å². The minimum atomic E-state index is 0.338. The van der Waals surface area contributed by atoms with Gasteiger partial charge >= 0.3 is 0 Å². The Morgan fingerprint density at radius 1 is 0.786 bits per heavy atom. The fourth-order valence-electron chi connectivity index (χ4n) is 1.57. The molecular formula is C13H12N. The molecule has 0 amide bonds. The zero-order valence-corrected chi connectivity index (χ0v) is 7.90. The van der Waals surface area contributed by atoms with Crippen LogP contribution in [0.25, 0.3) is 11.1 Å². The summed E-state index contributed by atoms with van der Waals surface area (Å²) >= 11 is 0. The zero-order chi connectivity index (χ0) is 9.80. The van der Waals surface area contributed by atoms with Crippen LogP contribution in [-0.4, -0.2) is 0 Å². The highest BCUT2D eigenvalue weighted by Gasteiger charge is 2.01. The summed E-state index contributed by atoms with van der Waals surface area (Å²) < 4.78 is 0. The van der Waals surface area contributed by atoms with Crippen molar-refractivity contribution in [1.29, 1.82) is 0 Å². The van der Waals surface area contributed by atoms with Gasteiger partial charge in [0.05, 0.1) is 0 Å². The summed E-state index contributed by atoms with van der Waals surface area (Å²) in [5.41, 5.74) is 10.9. The molecule has 0 aliphatic heterocycles. The third kappa shape index (κ3) is 1.68. The summed E-state index contributed by atoms with van der Waals surface area (Å²) in [7, 11) is 0. The highest BCUT2D eigenvalue weighted by molar-refractivity contribution is 5.67. The van der Waals surface area contributed by atoms with E-state index < -0.39 is 0 Å². The van der Waals surface area contributed by atoms with E-state index in [0.29, 0.717) is 6.54 Å². The van der Waals surface area contributed by atoms with Crippen LogP contribution in [0, 0.1) is 0 Å². The topological polar surface area (TPSA) is 23.8 Å². The lowest BCUT2D eigenvalue weighted by atomic mass is 10.00. The maximum Gasteiger partial charge on any atom is 0.0357 e. The van der Waals surface area contributed by atoms with Gasteiger partial charge in [-0.2, -0.15) is 0 Å². The Bertz CT molecular complexity index is 407. The molecule has 0 aliphatic carbocycles. The first-order valence-electron chi connectivity index (χ1n) is 4.70. The van der Waals surface area contributed by atoms with Crippen molar-refractivity contribution in [1.82, 2.24) is 5.73 Å². The first-order chi connectivity index (χ1) is 6.92. The molecule has 2 rings (SSSR count). The smallest absolute Gasteiger partial charge is 0.0357 e. The molecule has 1 nitrogen and oxygen atoms in total. The Kier molecular flexibility index (Phi) is 2.61. The van der Waals surface area contributed by atoms with Gasteiger partial charge in [0.15, 0.2) is 0 Å². The fraction of sp³-hybridized carbons (Fsp3) is 0.0769. The van der Waals surface area contributed by atoms with Gasteiger partial charge < -0.3 is 0 Å². The minimum absolute atomic E-state index is 0.338. The van der Waals surface area contributed by atoms with Crippen molar-refractivity contribution in [2.45, 2.75) is 6.54 Å². The fourth-order valence-corrected chi connectivity index (χ4v) is 1.57. The van der Waals surface area contributed by atoms with Crippen LogP contribution in [0.4, 0.5) is 0 Å². The van der Waals surface area contributed by atoms with Crippen molar-refractivity contribution in [2.24, 2.45) is 0 Å². The second-order valence-electron chi connectivity index (χ2n) is 3.20. The van der Waals surface area contributed by atoms with E-state index in [1.165, 1.54) is 11.1 Å². The van der Waals surface area contributed by atoms with Crippen LogP contribution >= 0.6 is 0 Å². The zero-order valence-electron chi connectivity index (χ0n) is 7.90. The molecule has 0 spiro atoms. The van der Waals surface area contributed by atoms with E-state index in [9.17, 15) is 0 Å². The molecule has 1 heteroatoms. The van der Waals surface area contributed by atoms with Crippen molar-refractivity contribution < 1.29 is 0 Å². The van der Waals surface area contributed by atoms with Crippen molar-refractivity contribution in [3.63, 3.8) is 0 Å². The molecule has 0 heterocycles. The molecule has 0 bridgehead atoms. The van der Waals surface area contributed by atoms with Crippen LogP contribution in [0.1, 0.15) is 5.56 Å². The molecule has 0 unspecified atom stereocenters. The van der Waals surface area contributed by atoms with Gasteiger partial charge in [0.1, 0.15) is 0 Å². The molecule has 0 saturated carbocycles. The van der Waals surface area contributed by atoms with Gasteiger partial charge in [-0.3, -0.25) is 5.73 Å². The van der Waals surface area contributed by atoms with E-state index in [-0.39, 0.29) is 0 Å². The third-order valence-corrected chi connectivity index (χ3v) is 2.29. The highest BCUT2D eigenvalue weighted by atomic mass is 14.5.